The highest BCUT2D eigenvalue weighted by Crippen LogP contribution is 2.21. The van der Waals surface area contributed by atoms with Gasteiger partial charge in [0.2, 0.25) is 0 Å². The van der Waals surface area contributed by atoms with Gasteiger partial charge in [0.1, 0.15) is 24.7 Å². The van der Waals surface area contributed by atoms with E-state index in [1.165, 1.54) is 0 Å². The van der Waals surface area contributed by atoms with Crippen molar-refractivity contribution in [2.45, 2.75) is 39.9 Å². The third-order valence-electron chi connectivity index (χ3n) is 3.56. The van der Waals surface area contributed by atoms with Crippen LogP contribution in [0, 0.1) is 0 Å². The SMILES string of the molecule is CCCOc1ccccc1COC(=O)OCc1ccccc1OCCC. The van der Waals surface area contributed by atoms with E-state index < -0.39 is 6.16 Å². The second-order valence-electron chi connectivity index (χ2n) is 5.74. The Morgan fingerprint density at radius 1 is 0.731 bits per heavy atom. The molecular weight excluding hydrogens is 332 g/mol. The molecule has 26 heavy (non-hydrogen) atoms. The minimum Gasteiger partial charge on any atom is -0.493 e. The molecule has 0 radical (unpaired) electrons. The molecule has 0 fully saturated rings. The summed E-state index contributed by atoms with van der Waals surface area (Å²) in [5.74, 6) is 1.45. The first-order valence-electron chi connectivity index (χ1n) is 8.95. The smallest absolute Gasteiger partial charge is 0.493 e. The van der Waals surface area contributed by atoms with Crippen molar-refractivity contribution in [3.8, 4) is 11.5 Å². The third kappa shape index (κ3) is 6.31. The highest BCUT2D eigenvalue weighted by Gasteiger charge is 2.10. The molecule has 0 aromatic heterocycles. The maximum absolute atomic E-state index is 11.9. The van der Waals surface area contributed by atoms with Crippen molar-refractivity contribution in [1.29, 1.82) is 0 Å². The van der Waals surface area contributed by atoms with Gasteiger partial charge in [0.05, 0.1) is 13.2 Å². The zero-order chi connectivity index (χ0) is 18.6. The maximum Gasteiger partial charge on any atom is 0.508 e. The Kier molecular flexibility index (Phi) is 8.33. The second-order valence-corrected chi connectivity index (χ2v) is 5.74. The Morgan fingerprint density at radius 3 is 1.58 bits per heavy atom. The lowest BCUT2D eigenvalue weighted by Gasteiger charge is -2.12. The van der Waals surface area contributed by atoms with Crippen molar-refractivity contribution >= 4 is 6.16 Å². The Bertz CT molecular complexity index is 626. The maximum atomic E-state index is 11.9. The summed E-state index contributed by atoms with van der Waals surface area (Å²) in [7, 11) is 0. The van der Waals surface area contributed by atoms with Gasteiger partial charge in [0, 0.05) is 11.1 Å². The molecule has 0 heterocycles. The molecule has 0 unspecified atom stereocenters. The van der Waals surface area contributed by atoms with Crippen molar-refractivity contribution in [3.63, 3.8) is 0 Å². The largest absolute Gasteiger partial charge is 0.508 e. The molecule has 140 valence electrons. The van der Waals surface area contributed by atoms with Gasteiger partial charge in [-0.1, -0.05) is 50.2 Å². The van der Waals surface area contributed by atoms with Gasteiger partial charge >= 0.3 is 6.16 Å². The first-order valence-corrected chi connectivity index (χ1v) is 8.95. The van der Waals surface area contributed by atoms with Gasteiger partial charge in [-0.05, 0) is 25.0 Å². The average molecular weight is 358 g/mol. The van der Waals surface area contributed by atoms with Crippen LogP contribution in [0.4, 0.5) is 4.79 Å². The van der Waals surface area contributed by atoms with E-state index in [1.807, 2.05) is 62.4 Å². The van der Waals surface area contributed by atoms with Gasteiger partial charge in [0.15, 0.2) is 0 Å². The van der Waals surface area contributed by atoms with Crippen molar-refractivity contribution in [1.82, 2.24) is 0 Å². The van der Waals surface area contributed by atoms with Crippen LogP contribution in [0.1, 0.15) is 37.8 Å². The minimum absolute atomic E-state index is 0.104. The minimum atomic E-state index is -0.722. The van der Waals surface area contributed by atoms with E-state index in [0.717, 1.165) is 35.5 Å². The summed E-state index contributed by atoms with van der Waals surface area (Å²) < 4.78 is 21.7. The molecule has 0 saturated heterocycles. The van der Waals surface area contributed by atoms with E-state index in [4.69, 9.17) is 18.9 Å². The van der Waals surface area contributed by atoms with Crippen molar-refractivity contribution < 1.29 is 23.7 Å². The number of rotatable bonds is 10. The number of hydrogen-bond donors (Lipinski definition) is 0. The molecule has 0 aliphatic heterocycles. The number of para-hydroxylation sites is 2. The fourth-order valence-corrected chi connectivity index (χ4v) is 2.27. The Labute approximate surface area is 154 Å². The van der Waals surface area contributed by atoms with Gasteiger partial charge in [-0.3, -0.25) is 0 Å². The zero-order valence-corrected chi connectivity index (χ0v) is 15.4. The van der Waals surface area contributed by atoms with Crippen molar-refractivity contribution in [2.24, 2.45) is 0 Å². The van der Waals surface area contributed by atoms with E-state index in [1.54, 1.807) is 0 Å². The van der Waals surface area contributed by atoms with Gasteiger partial charge < -0.3 is 18.9 Å². The molecule has 5 nitrogen and oxygen atoms in total. The highest BCUT2D eigenvalue weighted by atomic mass is 16.7. The molecule has 2 aromatic rings. The van der Waals surface area contributed by atoms with E-state index in [-0.39, 0.29) is 13.2 Å². The topological polar surface area (TPSA) is 54.0 Å². The molecule has 0 aliphatic carbocycles. The lowest BCUT2D eigenvalue weighted by Crippen LogP contribution is -2.09. The standard InChI is InChI=1S/C21H26O5/c1-3-13-23-19-11-7-5-9-17(19)15-25-21(22)26-16-18-10-6-8-12-20(18)24-14-4-2/h5-12H,3-4,13-16H2,1-2H3. The zero-order valence-electron chi connectivity index (χ0n) is 15.4. The molecule has 0 spiro atoms. The predicted octanol–water partition coefficient (Wildman–Crippen LogP) is 5.12. The molecule has 5 heteroatoms. The second kappa shape index (κ2) is 11.0. The van der Waals surface area contributed by atoms with Crippen LogP contribution in [0.3, 0.4) is 0 Å². The summed E-state index contributed by atoms with van der Waals surface area (Å²) in [4.78, 5) is 11.9. The van der Waals surface area contributed by atoms with Crippen LogP contribution in [0.15, 0.2) is 48.5 Å². The number of carbonyl (C=O) groups is 1. The van der Waals surface area contributed by atoms with Crippen LogP contribution in [0.25, 0.3) is 0 Å². The normalized spacial score (nSPS) is 10.2. The van der Waals surface area contributed by atoms with Crippen molar-refractivity contribution in [3.05, 3.63) is 59.7 Å². The van der Waals surface area contributed by atoms with Gasteiger partial charge in [-0.25, -0.2) is 4.79 Å². The number of ether oxygens (including phenoxy) is 4. The molecule has 0 bridgehead atoms. The van der Waals surface area contributed by atoms with Crippen LogP contribution < -0.4 is 9.47 Å². The first-order chi connectivity index (χ1) is 12.7. The predicted molar refractivity (Wildman–Crippen MR) is 99.4 cm³/mol. The molecular formula is C21H26O5. The summed E-state index contributed by atoms with van der Waals surface area (Å²) in [6.07, 6.45) is 1.11. The number of carbonyl (C=O) groups excluding carboxylic acids is 1. The monoisotopic (exact) mass is 358 g/mol. The van der Waals surface area contributed by atoms with E-state index in [9.17, 15) is 4.79 Å². The van der Waals surface area contributed by atoms with E-state index in [2.05, 4.69) is 0 Å². The molecule has 2 rings (SSSR count). The van der Waals surface area contributed by atoms with Crippen LogP contribution in [0.2, 0.25) is 0 Å². The summed E-state index contributed by atoms with van der Waals surface area (Å²) in [6, 6.07) is 15.0. The highest BCUT2D eigenvalue weighted by molar-refractivity contribution is 5.60. The Morgan fingerprint density at radius 2 is 1.15 bits per heavy atom. The molecule has 0 N–H and O–H groups in total. The van der Waals surface area contributed by atoms with Gasteiger partial charge in [-0.15, -0.1) is 0 Å². The van der Waals surface area contributed by atoms with E-state index in [0.29, 0.717) is 13.2 Å². The van der Waals surface area contributed by atoms with Crippen LogP contribution in [0.5, 0.6) is 11.5 Å². The van der Waals surface area contributed by atoms with Gasteiger partial charge in [-0.2, -0.15) is 0 Å². The fraction of sp³-hybridized carbons (Fsp3) is 0.381. The molecule has 2 aromatic carbocycles. The fourth-order valence-electron chi connectivity index (χ4n) is 2.27. The van der Waals surface area contributed by atoms with Crippen LogP contribution in [-0.4, -0.2) is 19.4 Å². The molecule has 0 atom stereocenters. The quantitative estimate of drug-likeness (QED) is 0.552. The van der Waals surface area contributed by atoms with E-state index >= 15 is 0 Å². The Hall–Kier alpha value is -2.69. The van der Waals surface area contributed by atoms with Gasteiger partial charge in [0.25, 0.3) is 0 Å². The average Bonchev–Trinajstić information content (AvgIpc) is 2.68. The summed E-state index contributed by atoms with van der Waals surface area (Å²) in [5.41, 5.74) is 1.62. The van der Waals surface area contributed by atoms with Crippen LogP contribution >= 0.6 is 0 Å². The third-order valence-corrected chi connectivity index (χ3v) is 3.56. The lowest BCUT2D eigenvalue weighted by molar-refractivity contribution is 0.0435. The Balaban J connectivity index is 1.85. The number of hydrogen-bond acceptors (Lipinski definition) is 5. The lowest BCUT2D eigenvalue weighted by atomic mass is 10.2. The summed E-state index contributed by atoms with van der Waals surface area (Å²) in [5, 5.41) is 0. The molecule has 0 aliphatic rings. The van der Waals surface area contributed by atoms with Crippen molar-refractivity contribution in [2.75, 3.05) is 13.2 Å². The first kappa shape index (κ1) is 19.6. The van der Waals surface area contributed by atoms with Crippen LogP contribution in [-0.2, 0) is 22.7 Å². The molecule has 0 saturated carbocycles. The number of benzene rings is 2. The summed E-state index contributed by atoms with van der Waals surface area (Å²) in [6.45, 7) is 5.53. The molecule has 0 amide bonds. The summed E-state index contributed by atoms with van der Waals surface area (Å²) >= 11 is 0.